The lowest BCUT2D eigenvalue weighted by Crippen LogP contribution is -2.43. The van der Waals surface area contributed by atoms with Crippen molar-refractivity contribution in [1.82, 2.24) is 14.8 Å². The molecule has 7 nitrogen and oxygen atoms in total. The van der Waals surface area contributed by atoms with Crippen molar-refractivity contribution < 1.29 is 19.5 Å². The van der Waals surface area contributed by atoms with Gasteiger partial charge in [0, 0.05) is 65.1 Å². The second kappa shape index (κ2) is 12.9. The van der Waals surface area contributed by atoms with Gasteiger partial charge in [-0.2, -0.15) is 0 Å². The van der Waals surface area contributed by atoms with Gasteiger partial charge in [-0.15, -0.1) is 0 Å². The minimum atomic E-state index is -0.952. The number of carbonyl (C=O) groups is 3. The monoisotopic (exact) mass is 693 g/mol. The SMILES string of the molecule is O=C(O)CCC(=O)N1CCC(CC(=O)N2CCC([C@H]3c4ncc(Br)cc4CCc4cc(Cl)cc(Br)c43)CC2)CC1. The average Bonchev–Trinajstić information content (AvgIpc) is 3.09. The summed E-state index contributed by atoms with van der Waals surface area (Å²) in [6, 6.07) is 6.28. The minimum Gasteiger partial charge on any atom is -0.481 e. The molecule has 0 saturated carbocycles. The number of piperidine rings is 2. The third kappa shape index (κ3) is 6.73. The van der Waals surface area contributed by atoms with E-state index in [4.69, 9.17) is 21.7 Å². The number of fused-ring (bicyclic) bond motifs is 2. The Kier molecular flexibility index (Phi) is 9.52. The molecule has 2 aliphatic heterocycles. The van der Waals surface area contributed by atoms with Crippen LogP contribution in [-0.4, -0.2) is 63.9 Å². The van der Waals surface area contributed by atoms with Crippen LogP contribution in [0.5, 0.6) is 0 Å². The summed E-state index contributed by atoms with van der Waals surface area (Å²) in [5.74, 6) is -0.0834. The Morgan fingerprint density at radius 2 is 1.55 bits per heavy atom. The highest BCUT2D eigenvalue weighted by molar-refractivity contribution is 9.10. The molecule has 3 aliphatic rings. The summed E-state index contributed by atoms with van der Waals surface area (Å²) >= 11 is 13.9. The van der Waals surface area contributed by atoms with E-state index in [2.05, 4.69) is 44.0 Å². The number of amides is 2. The number of carboxylic acids is 1. The summed E-state index contributed by atoms with van der Waals surface area (Å²) in [6.45, 7) is 2.67. The van der Waals surface area contributed by atoms with E-state index in [0.717, 1.165) is 71.3 Å². The van der Waals surface area contributed by atoms with E-state index in [-0.39, 0.29) is 36.5 Å². The summed E-state index contributed by atoms with van der Waals surface area (Å²) in [6.07, 6.45) is 7.54. The summed E-state index contributed by atoms with van der Waals surface area (Å²) in [5, 5.41) is 9.56. The summed E-state index contributed by atoms with van der Waals surface area (Å²) in [4.78, 5) is 45.0. The molecule has 0 bridgehead atoms. The van der Waals surface area contributed by atoms with Gasteiger partial charge in [0.1, 0.15) is 0 Å². The zero-order chi connectivity index (χ0) is 28.4. The van der Waals surface area contributed by atoms with Crippen molar-refractivity contribution in [3.05, 3.63) is 60.7 Å². The maximum absolute atomic E-state index is 13.3. The number of carboxylic acid groups (broad SMARTS) is 1. The van der Waals surface area contributed by atoms with Gasteiger partial charge in [0.25, 0.3) is 0 Å². The molecule has 3 heterocycles. The third-order valence-corrected chi connectivity index (χ3v) is 10.1. The molecule has 0 radical (unpaired) electrons. The number of aliphatic carboxylic acids is 1. The Labute approximate surface area is 256 Å². The van der Waals surface area contributed by atoms with E-state index in [0.29, 0.717) is 25.4 Å². The second-order valence-electron chi connectivity index (χ2n) is 11.3. The number of hydrogen-bond acceptors (Lipinski definition) is 4. The van der Waals surface area contributed by atoms with Crippen molar-refractivity contribution in [2.24, 2.45) is 11.8 Å². The van der Waals surface area contributed by atoms with E-state index >= 15 is 0 Å². The number of likely N-dealkylation sites (tertiary alicyclic amines) is 2. The van der Waals surface area contributed by atoms with Crippen LogP contribution in [0.2, 0.25) is 5.02 Å². The van der Waals surface area contributed by atoms with Crippen LogP contribution in [0, 0.1) is 11.8 Å². The highest BCUT2D eigenvalue weighted by Crippen LogP contribution is 2.46. The molecule has 2 saturated heterocycles. The molecule has 1 aliphatic carbocycles. The Balaban J connectivity index is 1.22. The molecule has 1 aromatic heterocycles. The van der Waals surface area contributed by atoms with Crippen LogP contribution in [0.3, 0.4) is 0 Å². The molecule has 40 heavy (non-hydrogen) atoms. The van der Waals surface area contributed by atoms with Crippen molar-refractivity contribution in [3.8, 4) is 0 Å². The summed E-state index contributed by atoms with van der Waals surface area (Å²) < 4.78 is 2.02. The van der Waals surface area contributed by atoms with Gasteiger partial charge in [0.15, 0.2) is 0 Å². The average molecular weight is 696 g/mol. The molecule has 2 fully saturated rings. The van der Waals surface area contributed by atoms with Crippen molar-refractivity contribution in [1.29, 1.82) is 0 Å². The van der Waals surface area contributed by atoms with E-state index < -0.39 is 5.97 Å². The van der Waals surface area contributed by atoms with E-state index in [9.17, 15) is 14.4 Å². The Hall–Kier alpha value is -1.97. The van der Waals surface area contributed by atoms with E-state index in [1.165, 1.54) is 16.7 Å². The van der Waals surface area contributed by atoms with Crippen molar-refractivity contribution in [2.75, 3.05) is 26.2 Å². The lowest BCUT2D eigenvalue weighted by molar-refractivity contribution is -0.141. The van der Waals surface area contributed by atoms with Crippen LogP contribution >= 0.6 is 43.5 Å². The number of hydrogen-bond donors (Lipinski definition) is 1. The first-order valence-electron chi connectivity index (χ1n) is 14.1. The molecular weight excluding hydrogens is 662 g/mol. The number of rotatable bonds is 6. The van der Waals surface area contributed by atoms with Crippen molar-refractivity contribution in [3.63, 3.8) is 0 Å². The lowest BCUT2D eigenvalue weighted by Gasteiger charge is -2.38. The molecule has 5 rings (SSSR count). The molecule has 2 aromatic rings. The topological polar surface area (TPSA) is 90.8 Å². The Morgan fingerprint density at radius 1 is 0.900 bits per heavy atom. The smallest absolute Gasteiger partial charge is 0.303 e. The van der Waals surface area contributed by atoms with Crippen molar-refractivity contribution >= 4 is 61.2 Å². The van der Waals surface area contributed by atoms with Gasteiger partial charge < -0.3 is 14.9 Å². The first kappa shape index (κ1) is 29.5. The third-order valence-electron chi connectivity index (χ3n) is 8.76. The quantitative estimate of drug-likeness (QED) is 0.388. The Bertz CT molecular complexity index is 1290. The normalized spacial score (nSPS) is 20.0. The van der Waals surface area contributed by atoms with Crippen LogP contribution in [-0.2, 0) is 27.2 Å². The van der Waals surface area contributed by atoms with Gasteiger partial charge in [-0.05, 0) is 101 Å². The highest BCUT2D eigenvalue weighted by Gasteiger charge is 2.37. The second-order valence-corrected chi connectivity index (χ2v) is 13.5. The maximum atomic E-state index is 13.3. The van der Waals surface area contributed by atoms with Gasteiger partial charge in [-0.25, -0.2) is 0 Å². The summed E-state index contributed by atoms with van der Waals surface area (Å²) in [7, 11) is 0. The highest BCUT2D eigenvalue weighted by atomic mass is 79.9. The standard InChI is InChI=1S/C30H34Br2ClN3O4/c31-22-14-21-2-1-20-15-23(33)16-24(32)28(20)29(30(21)34-17-22)19-7-11-36(12-8-19)26(38)13-18-5-9-35(10-6-18)25(37)3-4-27(39)40/h14-19,29H,1-13H2,(H,39,40)/t29-/m1/s1. The van der Waals surface area contributed by atoms with Crippen LogP contribution in [0.4, 0.5) is 0 Å². The fourth-order valence-electron chi connectivity index (χ4n) is 6.65. The number of carbonyl (C=O) groups excluding carboxylic acids is 2. The Morgan fingerprint density at radius 3 is 2.25 bits per heavy atom. The van der Waals surface area contributed by atoms with Crippen LogP contribution < -0.4 is 0 Å². The largest absolute Gasteiger partial charge is 0.481 e. The predicted molar refractivity (Wildman–Crippen MR) is 160 cm³/mol. The minimum absolute atomic E-state index is 0.0419. The predicted octanol–water partition coefficient (Wildman–Crippen LogP) is 6.22. The lowest BCUT2D eigenvalue weighted by atomic mass is 9.76. The van der Waals surface area contributed by atoms with Gasteiger partial charge in [-0.1, -0.05) is 27.5 Å². The fraction of sp³-hybridized carbons (Fsp3) is 0.533. The van der Waals surface area contributed by atoms with E-state index in [1.54, 1.807) is 4.90 Å². The van der Waals surface area contributed by atoms with Crippen LogP contribution in [0.15, 0.2) is 33.3 Å². The van der Waals surface area contributed by atoms with Crippen LogP contribution in [0.25, 0.3) is 0 Å². The zero-order valence-corrected chi connectivity index (χ0v) is 26.3. The number of aromatic nitrogens is 1. The molecule has 10 heteroatoms. The summed E-state index contributed by atoms with van der Waals surface area (Å²) in [5.41, 5.74) is 4.96. The zero-order valence-electron chi connectivity index (χ0n) is 22.4. The van der Waals surface area contributed by atoms with Crippen LogP contribution in [0.1, 0.15) is 73.2 Å². The number of pyridine rings is 1. The number of aryl methyl sites for hydroxylation is 2. The number of halogens is 3. The fourth-order valence-corrected chi connectivity index (χ4v) is 8.15. The molecule has 1 atom stereocenters. The molecule has 1 N–H and O–H groups in total. The molecule has 0 spiro atoms. The van der Waals surface area contributed by atoms with Gasteiger partial charge in [-0.3, -0.25) is 19.4 Å². The molecule has 1 aromatic carbocycles. The molecule has 0 unspecified atom stereocenters. The van der Waals surface area contributed by atoms with Gasteiger partial charge in [0.05, 0.1) is 12.1 Å². The maximum Gasteiger partial charge on any atom is 0.303 e. The van der Waals surface area contributed by atoms with E-state index in [1.807, 2.05) is 17.2 Å². The molecule has 2 amide bonds. The number of benzene rings is 1. The van der Waals surface area contributed by atoms with Gasteiger partial charge in [0.2, 0.25) is 11.8 Å². The first-order chi connectivity index (χ1) is 19.2. The van der Waals surface area contributed by atoms with Crippen molar-refractivity contribution in [2.45, 2.75) is 63.7 Å². The molecule has 214 valence electrons. The first-order valence-corrected chi connectivity index (χ1v) is 16.1. The number of nitrogens with zero attached hydrogens (tertiary/aromatic N) is 3. The van der Waals surface area contributed by atoms with Gasteiger partial charge >= 0.3 is 5.97 Å². The molecular formula is C30H34Br2ClN3O4.